The van der Waals surface area contributed by atoms with E-state index in [4.69, 9.17) is 30.5 Å². The molecule has 0 amide bonds. The number of halogens is 1. The molecule has 25 heavy (non-hydrogen) atoms. The standard InChI is InChI=1S/C18H15ClO6/c19-14-8-4-7-13(9-14)18(21)25-16-11-22-15(24-16)10-23-17(20)12-5-2-1-3-6-12/h1-9,15-16H,10-11H2. The topological polar surface area (TPSA) is 71.1 Å². The first-order valence-corrected chi connectivity index (χ1v) is 7.95. The molecule has 1 heterocycles. The normalized spacial score (nSPS) is 19.4. The van der Waals surface area contributed by atoms with Crippen LogP contribution in [0.15, 0.2) is 54.6 Å². The molecule has 0 aliphatic carbocycles. The quantitative estimate of drug-likeness (QED) is 0.761. The zero-order valence-corrected chi connectivity index (χ0v) is 13.8. The summed E-state index contributed by atoms with van der Waals surface area (Å²) in [5.74, 6) is -1.05. The van der Waals surface area contributed by atoms with Crippen LogP contribution < -0.4 is 0 Å². The molecule has 6 nitrogen and oxygen atoms in total. The lowest BCUT2D eigenvalue weighted by atomic mass is 10.2. The van der Waals surface area contributed by atoms with Crippen molar-refractivity contribution in [2.45, 2.75) is 12.6 Å². The van der Waals surface area contributed by atoms with E-state index in [2.05, 4.69) is 0 Å². The zero-order chi connectivity index (χ0) is 17.6. The van der Waals surface area contributed by atoms with Gasteiger partial charge in [-0.3, -0.25) is 0 Å². The Bertz CT molecular complexity index is 748. The van der Waals surface area contributed by atoms with Crippen LogP contribution in [0.25, 0.3) is 0 Å². The molecular formula is C18H15ClO6. The summed E-state index contributed by atoms with van der Waals surface area (Å²) in [6.07, 6.45) is -1.66. The second-order valence-electron chi connectivity index (χ2n) is 5.21. The zero-order valence-electron chi connectivity index (χ0n) is 13.1. The summed E-state index contributed by atoms with van der Waals surface area (Å²) < 4.78 is 21.0. The third-order valence-corrected chi connectivity index (χ3v) is 3.62. The summed E-state index contributed by atoms with van der Waals surface area (Å²) in [7, 11) is 0. The van der Waals surface area contributed by atoms with Crippen molar-refractivity contribution in [3.05, 3.63) is 70.7 Å². The number of rotatable bonds is 5. The van der Waals surface area contributed by atoms with E-state index in [0.29, 0.717) is 16.1 Å². The molecule has 0 N–H and O–H groups in total. The van der Waals surface area contributed by atoms with Crippen molar-refractivity contribution in [1.82, 2.24) is 0 Å². The fraction of sp³-hybridized carbons (Fsp3) is 0.222. The van der Waals surface area contributed by atoms with Gasteiger partial charge in [0.2, 0.25) is 6.29 Å². The number of ether oxygens (including phenoxy) is 4. The Morgan fingerprint density at radius 2 is 1.80 bits per heavy atom. The van der Waals surface area contributed by atoms with Crippen molar-refractivity contribution < 1.29 is 28.5 Å². The van der Waals surface area contributed by atoms with Crippen LogP contribution in [-0.4, -0.2) is 37.7 Å². The van der Waals surface area contributed by atoms with Gasteiger partial charge in [-0.1, -0.05) is 35.9 Å². The van der Waals surface area contributed by atoms with E-state index >= 15 is 0 Å². The summed E-state index contributed by atoms with van der Waals surface area (Å²) >= 11 is 5.84. The highest BCUT2D eigenvalue weighted by Gasteiger charge is 2.30. The molecule has 2 aromatic carbocycles. The Morgan fingerprint density at radius 3 is 2.56 bits per heavy atom. The van der Waals surface area contributed by atoms with Gasteiger partial charge in [0.05, 0.1) is 11.1 Å². The molecule has 3 rings (SSSR count). The highest BCUT2D eigenvalue weighted by Crippen LogP contribution is 2.17. The molecule has 2 atom stereocenters. The maximum Gasteiger partial charge on any atom is 0.340 e. The van der Waals surface area contributed by atoms with Crippen molar-refractivity contribution in [2.75, 3.05) is 13.2 Å². The van der Waals surface area contributed by atoms with Crippen molar-refractivity contribution >= 4 is 23.5 Å². The lowest BCUT2D eigenvalue weighted by Gasteiger charge is -2.12. The second-order valence-corrected chi connectivity index (χ2v) is 5.65. The van der Waals surface area contributed by atoms with Gasteiger partial charge in [-0.25, -0.2) is 9.59 Å². The van der Waals surface area contributed by atoms with E-state index in [1.807, 2.05) is 0 Å². The van der Waals surface area contributed by atoms with Gasteiger partial charge in [-0.2, -0.15) is 0 Å². The Balaban J connectivity index is 1.46. The number of hydrogen-bond donors (Lipinski definition) is 0. The van der Waals surface area contributed by atoms with E-state index in [-0.39, 0.29) is 13.2 Å². The van der Waals surface area contributed by atoms with Crippen LogP contribution in [-0.2, 0) is 18.9 Å². The average Bonchev–Trinajstić information content (AvgIpc) is 3.08. The van der Waals surface area contributed by atoms with Gasteiger partial charge < -0.3 is 18.9 Å². The van der Waals surface area contributed by atoms with Crippen molar-refractivity contribution in [1.29, 1.82) is 0 Å². The summed E-state index contributed by atoms with van der Waals surface area (Å²) in [5, 5.41) is 0.434. The molecule has 1 saturated heterocycles. The Labute approximate surface area is 149 Å². The van der Waals surface area contributed by atoms with Crippen molar-refractivity contribution in [3.63, 3.8) is 0 Å². The molecule has 2 aromatic rings. The molecule has 2 unspecified atom stereocenters. The largest absolute Gasteiger partial charge is 0.457 e. The van der Waals surface area contributed by atoms with E-state index in [1.165, 1.54) is 6.07 Å². The predicted octanol–water partition coefficient (Wildman–Crippen LogP) is 3.05. The maximum absolute atomic E-state index is 12.0. The summed E-state index contributed by atoms with van der Waals surface area (Å²) in [6, 6.07) is 15.0. The van der Waals surface area contributed by atoms with Gasteiger partial charge >= 0.3 is 11.9 Å². The maximum atomic E-state index is 12.0. The van der Waals surface area contributed by atoms with E-state index in [0.717, 1.165) is 0 Å². The van der Waals surface area contributed by atoms with Crippen molar-refractivity contribution in [3.8, 4) is 0 Å². The first-order chi connectivity index (χ1) is 12.1. The Kier molecular flexibility index (Phi) is 5.65. The average molecular weight is 363 g/mol. The molecule has 0 spiro atoms. The minimum Gasteiger partial charge on any atom is -0.457 e. The molecule has 0 saturated carbocycles. The first kappa shape index (κ1) is 17.4. The summed E-state index contributed by atoms with van der Waals surface area (Å²) in [5.41, 5.74) is 0.750. The van der Waals surface area contributed by atoms with Gasteiger partial charge in [0, 0.05) is 5.02 Å². The monoisotopic (exact) mass is 362 g/mol. The molecule has 1 aliphatic heterocycles. The third-order valence-electron chi connectivity index (χ3n) is 3.38. The van der Waals surface area contributed by atoms with Crippen LogP contribution >= 0.6 is 11.6 Å². The smallest absolute Gasteiger partial charge is 0.340 e. The minimum absolute atomic E-state index is 0.0554. The molecule has 1 fully saturated rings. The van der Waals surface area contributed by atoms with Crippen LogP contribution in [0.1, 0.15) is 20.7 Å². The molecule has 0 aromatic heterocycles. The lowest BCUT2D eigenvalue weighted by molar-refractivity contribution is -0.137. The van der Waals surface area contributed by atoms with Crippen LogP contribution in [0.4, 0.5) is 0 Å². The van der Waals surface area contributed by atoms with Crippen molar-refractivity contribution in [2.24, 2.45) is 0 Å². The highest BCUT2D eigenvalue weighted by atomic mass is 35.5. The highest BCUT2D eigenvalue weighted by molar-refractivity contribution is 6.30. The number of benzene rings is 2. The molecule has 1 aliphatic rings. The van der Waals surface area contributed by atoms with Crippen LogP contribution in [0.3, 0.4) is 0 Å². The van der Waals surface area contributed by atoms with Gasteiger partial charge in [0.1, 0.15) is 13.2 Å². The van der Waals surface area contributed by atoms with Gasteiger partial charge in [-0.15, -0.1) is 0 Å². The Hall–Kier alpha value is -2.41. The molecule has 0 radical (unpaired) electrons. The van der Waals surface area contributed by atoms with Crippen LogP contribution in [0.5, 0.6) is 0 Å². The van der Waals surface area contributed by atoms with E-state index in [1.54, 1.807) is 48.5 Å². The number of carbonyl (C=O) groups excluding carboxylic acids is 2. The third kappa shape index (κ3) is 4.79. The van der Waals surface area contributed by atoms with Gasteiger partial charge in [0.25, 0.3) is 0 Å². The number of esters is 2. The second kappa shape index (κ2) is 8.11. The summed E-state index contributed by atoms with van der Waals surface area (Å²) in [6.45, 7) is -0.0429. The predicted molar refractivity (Wildman–Crippen MR) is 88.2 cm³/mol. The van der Waals surface area contributed by atoms with Crippen LogP contribution in [0.2, 0.25) is 5.02 Å². The molecule has 130 valence electrons. The lowest BCUT2D eigenvalue weighted by Crippen LogP contribution is -2.23. The van der Waals surface area contributed by atoms with Gasteiger partial charge in [-0.05, 0) is 30.3 Å². The molecular weight excluding hydrogens is 348 g/mol. The fourth-order valence-electron chi connectivity index (χ4n) is 2.19. The fourth-order valence-corrected chi connectivity index (χ4v) is 2.38. The SMILES string of the molecule is O=C(OCC1OCC(OC(=O)c2cccc(Cl)c2)O1)c1ccccc1. The van der Waals surface area contributed by atoms with E-state index in [9.17, 15) is 9.59 Å². The van der Waals surface area contributed by atoms with Gasteiger partial charge in [0.15, 0.2) is 6.29 Å². The number of hydrogen-bond acceptors (Lipinski definition) is 6. The number of carbonyl (C=O) groups is 2. The van der Waals surface area contributed by atoms with Crippen LogP contribution in [0, 0.1) is 0 Å². The van der Waals surface area contributed by atoms with E-state index < -0.39 is 24.5 Å². The molecule has 0 bridgehead atoms. The Morgan fingerprint density at radius 1 is 1.04 bits per heavy atom. The minimum atomic E-state index is -0.869. The molecule has 7 heteroatoms. The first-order valence-electron chi connectivity index (χ1n) is 7.57. The summed E-state index contributed by atoms with van der Waals surface area (Å²) in [4.78, 5) is 23.9.